The summed E-state index contributed by atoms with van der Waals surface area (Å²) in [5, 5.41) is 13.2. The molecule has 0 aliphatic heterocycles. The topological polar surface area (TPSA) is 91.4 Å². The molecular weight excluding hydrogens is 380 g/mol. The molecule has 6 heteroatoms. The highest BCUT2D eigenvalue weighted by atomic mass is 16.5. The first-order chi connectivity index (χ1) is 14.5. The van der Waals surface area contributed by atoms with E-state index in [-0.39, 0.29) is 17.8 Å². The average molecular weight is 400 g/mol. The first-order valence-corrected chi connectivity index (χ1v) is 9.42. The molecule has 30 heavy (non-hydrogen) atoms. The Hall–Kier alpha value is -4.06. The number of hydrogen-bond donors (Lipinski definition) is 3. The van der Waals surface area contributed by atoms with Crippen LogP contribution in [0.5, 0.6) is 5.75 Å². The number of aromatic amines is 1. The molecule has 4 rings (SSSR count). The van der Waals surface area contributed by atoms with Gasteiger partial charge in [-0.05, 0) is 35.9 Å². The van der Waals surface area contributed by atoms with Gasteiger partial charge in [-0.1, -0.05) is 30.3 Å². The van der Waals surface area contributed by atoms with E-state index < -0.39 is 5.97 Å². The van der Waals surface area contributed by atoms with E-state index in [4.69, 9.17) is 9.84 Å². The first kappa shape index (κ1) is 19.3. The van der Waals surface area contributed by atoms with Gasteiger partial charge in [0.2, 0.25) is 0 Å². The number of Topliss-reactive ketones (excluding diaryl/α,β-unsaturated/α-hetero) is 1. The first-order valence-electron chi connectivity index (χ1n) is 9.42. The molecule has 6 nitrogen and oxygen atoms in total. The van der Waals surface area contributed by atoms with Crippen molar-refractivity contribution in [3.8, 4) is 5.75 Å². The second-order valence-corrected chi connectivity index (χ2v) is 6.88. The standard InChI is InChI=1S/C24H20N2O4/c1-30-18-7-4-6-17(13-18)26-21-8-3-2-5-15(21)12-23(27)20-14-25-22-11-16(24(28)29)9-10-19(20)22/h2-11,13-14,25-26H,12H2,1H3,(H,28,29). The Morgan fingerprint density at radius 1 is 1.03 bits per heavy atom. The molecule has 0 bridgehead atoms. The predicted octanol–water partition coefficient (Wildman–Crippen LogP) is 5.04. The number of benzene rings is 3. The summed E-state index contributed by atoms with van der Waals surface area (Å²) in [5.41, 5.74) is 3.91. The van der Waals surface area contributed by atoms with Crippen LogP contribution in [0.1, 0.15) is 26.3 Å². The Kier molecular flexibility index (Phi) is 5.22. The van der Waals surface area contributed by atoms with Gasteiger partial charge in [0.05, 0.1) is 12.7 Å². The summed E-state index contributed by atoms with van der Waals surface area (Å²) in [6, 6.07) is 19.9. The number of ketones is 1. The molecular formula is C24H20N2O4. The van der Waals surface area contributed by atoms with Crippen LogP contribution in [0.15, 0.2) is 72.9 Å². The Morgan fingerprint density at radius 3 is 2.67 bits per heavy atom. The molecule has 0 amide bonds. The van der Waals surface area contributed by atoms with Gasteiger partial charge in [-0.3, -0.25) is 4.79 Å². The molecule has 0 spiro atoms. The van der Waals surface area contributed by atoms with Crippen molar-refractivity contribution < 1.29 is 19.4 Å². The van der Waals surface area contributed by atoms with Crippen LogP contribution < -0.4 is 10.1 Å². The zero-order chi connectivity index (χ0) is 21.1. The number of methoxy groups -OCH3 is 1. The number of H-pyrrole nitrogens is 1. The van der Waals surface area contributed by atoms with E-state index in [1.54, 1.807) is 19.4 Å². The quantitative estimate of drug-likeness (QED) is 0.378. The number of rotatable bonds is 7. The number of para-hydroxylation sites is 1. The van der Waals surface area contributed by atoms with E-state index in [0.717, 1.165) is 22.7 Å². The van der Waals surface area contributed by atoms with Crippen molar-refractivity contribution >= 4 is 34.0 Å². The van der Waals surface area contributed by atoms with Crippen LogP contribution in [0.4, 0.5) is 11.4 Å². The summed E-state index contributed by atoms with van der Waals surface area (Å²) in [6.07, 6.45) is 1.84. The molecule has 0 atom stereocenters. The van der Waals surface area contributed by atoms with Gasteiger partial charge >= 0.3 is 5.97 Å². The number of aromatic carboxylic acids is 1. The molecule has 0 fully saturated rings. The SMILES string of the molecule is COc1cccc(Nc2ccccc2CC(=O)c2c[nH]c3cc(C(=O)O)ccc23)c1. The van der Waals surface area contributed by atoms with E-state index >= 15 is 0 Å². The smallest absolute Gasteiger partial charge is 0.335 e. The maximum absolute atomic E-state index is 13.0. The van der Waals surface area contributed by atoms with Crippen molar-refractivity contribution in [3.63, 3.8) is 0 Å². The molecule has 1 aromatic heterocycles. The Morgan fingerprint density at radius 2 is 1.87 bits per heavy atom. The summed E-state index contributed by atoms with van der Waals surface area (Å²) in [6.45, 7) is 0. The Bertz CT molecular complexity index is 1240. The van der Waals surface area contributed by atoms with Gasteiger partial charge in [0.1, 0.15) is 5.75 Å². The maximum atomic E-state index is 13.0. The lowest BCUT2D eigenvalue weighted by Crippen LogP contribution is -2.05. The molecule has 150 valence electrons. The molecule has 0 aliphatic carbocycles. The summed E-state index contributed by atoms with van der Waals surface area (Å²) in [5.74, 6) is -0.311. The number of anilines is 2. The van der Waals surface area contributed by atoms with Gasteiger partial charge in [0.25, 0.3) is 0 Å². The summed E-state index contributed by atoms with van der Waals surface area (Å²) >= 11 is 0. The molecule has 0 aliphatic rings. The largest absolute Gasteiger partial charge is 0.497 e. The minimum absolute atomic E-state index is 0.0517. The minimum Gasteiger partial charge on any atom is -0.497 e. The zero-order valence-electron chi connectivity index (χ0n) is 16.3. The van der Waals surface area contributed by atoms with Gasteiger partial charge in [0, 0.05) is 46.5 Å². The molecule has 3 N–H and O–H groups in total. The van der Waals surface area contributed by atoms with Crippen LogP contribution in [0.25, 0.3) is 10.9 Å². The number of carboxylic acid groups (broad SMARTS) is 1. The fourth-order valence-corrected chi connectivity index (χ4v) is 3.41. The van der Waals surface area contributed by atoms with Crippen molar-refractivity contribution in [1.29, 1.82) is 0 Å². The number of aromatic nitrogens is 1. The van der Waals surface area contributed by atoms with Crippen LogP contribution in [0, 0.1) is 0 Å². The lowest BCUT2D eigenvalue weighted by molar-refractivity contribution is 0.0697. The number of fused-ring (bicyclic) bond motifs is 1. The number of hydrogen-bond acceptors (Lipinski definition) is 4. The normalized spacial score (nSPS) is 10.7. The van der Waals surface area contributed by atoms with E-state index in [9.17, 15) is 9.59 Å². The highest BCUT2D eigenvalue weighted by molar-refractivity contribution is 6.09. The second kappa shape index (κ2) is 8.13. The van der Waals surface area contributed by atoms with E-state index in [0.29, 0.717) is 16.5 Å². The molecule has 1 heterocycles. The van der Waals surface area contributed by atoms with Crippen molar-refractivity contribution in [2.24, 2.45) is 0 Å². The maximum Gasteiger partial charge on any atom is 0.335 e. The minimum atomic E-state index is -1.00. The van der Waals surface area contributed by atoms with Gasteiger partial charge in [-0.25, -0.2) is 4.79 Å². The average Bonchev–Trinajstić information content (AvgIpc) is 3.18. The summed E-state index contributed by atoms with van der Waals surface area (Å²) in [7, 11) is 1.62. The monoisotopic (exact) mass is 400 g/mol. The lowest BCUT2D eigenvalue weighted by atomic mass is 10.0. The lowest BCUT2D eigenvalue weighted by Gasteiger charge is -2.12. The number of carbonyl (C=O) groups is 2. The van der Waals surface area contributed by atoms with Gasteiger partial charge in [0.15, 0.2) is 5.78 Å². The molecule has 4 aromatic rings. The van der Waals surface area contributed by atoms with Crippen molar-refractivity contribution in [1.82, 2.24) is 4.98 Å². The van der Waals surface area contributed by atoms with E-state index in [1.165, 1.54) is 12.1 Å². The predicted molar refractivity (Wildman–Crippen MR) is 116 cm³/mol. The van der Waals surface area contributed by atoms with Crippen molar-refractivity contribution in [2.75, 3.05) is 12.4 Å². The number of ether oxygens (including phenoxy) is 1. The Labute approximate surface area is 173 Å². The number of carboxylic acids is 1. The van der Waals surface area contributed by atoms with Crippen LogP contribution in [-0.4, -0.2) is 29.0 Å². The third-order valence-electron chi connectivity index (χ3n) is 4.95. The number of nitrogens with one attached hydrogen (secondary N) is 2. The van der Waals surface area contributed by atoms with Gasteiger partial charge < -0.3 is 20.1 Å². The van der Waals surface area contributed by atoms with Crippen molar-refractivity contribution in [2.45, 2.75) is 6.42 Å². The molecule has 0 saturated carbocycles. The molecule has 0 unspecified atom stereocenters. The molecule has 3 aromatic carbocycles. The van der Waals surface area contributed by atoms with Crippen molar-refractivity contribution in [3.05, 3.63) is 89.6 Å². The number of carbonyl (C=O) groups excluding carboxylic acids is 1. The van der Waals surface area contributed by atoms with Crippen LogP contribution in [0.2, 0.25) is 0 Å². The fraction of sp³-hybridized carbons (Fsp3) is 0.0833. The van der Waals surface area contributed by atoms with Crippen LogP contribution in [-0.2, 0) is 6.42 Å². The van der Waals surface area contributed by atoms with Crippen LogP contribution >= 0.6 is 0 Å². The van der Waals surface area contributed by atoms with Gasteiger partial charge in [-0.15, -0.1) is 0 Å². The highest BCUT2D eigenvalue weighted by Crippen LogP contribution is 2.26. The zero-order valence-corrected chi connectivity index (χ0v) is 16.3. The van der Waals surface area contributed by atoms with Crippen LogP contribution in [0.3, 0.4) is 0 Å². The fourth-order valence-electron chi connectivity index (χ4n) is 3.41. The third kappa shape index (κ3) is 3.89. The molecule has 0 radical (unpaired) electrons. The third-order valence-corrected chi connectivity index (χ3v) is 4.95. The summed E-state index contributed by atoms with van der Waals surface area (Å²) in [4.78, 5) is 27.2. The van der Waals surface area contributed by atoms with E-state index in [1.807, 2.05) is 48.5 Å². The van der Waals surface area contributed by atoms with E-state index in [2.05, 4.69) is 10.3 Å². The van der Waals surface area contributed by atoms with Gasteiger partial charge in [-0.2, -0.15) is 0 Å². The molecule has 0 saturated heterocycles. The Balaban J connectivity index is 1.59. The highest BCUT2D eigenvalue weighted by Gasteiger charge is 2.16. The summed E-state index contributed by atoms with van der Waals surface area (Å²) < 4.78 is 5.27. The second-order valence-electron chi connectivity index (χ2n) is 6.88.